The zero-order valence-electron chi connectivity index (χ0n) is 10.6. The first-order chi connectivity index (χ1) is 9.58. The fourth-order valence-electron chi connectivity index (χ4n) is 2.22. The molecule has 20 heavy (non-hydrogen) atoms. The number of nitrogens with zero attached hydrogens (tertiary/aromatic N) is 1. The molecule has 0 aliphatic rings. The van der Waals surface area contributed by atoms with E-state index < -0.39 is 17.7 Å². The third-order valence-corrected chi connectivity index (χ3v) is 3.28. The van der Waals surface area contributed by atoms with Crippen LogP contribution in [0.1, 0.15) is 23.0 Å². The molecule has 1 aromatic carbocycles. The van der Waals surface area contributed by atoms with Crippen LogP contribution < -0.4 is 0 Å². The first-order valence-corrected chi connectivity index (χ1v) is 6.04. The largest absolute Gasteiger partial charge is 0.458 e. The second kappa shape index (κ2) is 4.68. The van der Waals surface area contributed by atoms with Gasteiger partial charge in [-0.05, 0) is 31.2 Å². The lowest BCUT2D eigenvalue weighted by atomic mass is 10.0. The number of aryl methyl sites for hydroxylation is 1. The van der Waals surface area contributed by atoms with Gasteiger partial charge >= 0.3 is 0 Å². The third kappa shape index (κ3) is 1.96. The average molecular weight is 275 g/mol. The van der Waals surface area contributed by atoms with E-state index in [4.69, 9.17) is 4.42 Å². The van der Waals surface area contributed by atoms with Crippen LogP contribution in [0, 0.1) is 18.6 Å². The van der Waals surface area contributed by atoms with Crippen molar-refractivity contribution >= 4 is 11.0 Å². The molecule has 0 saturated heterocycles. The molecule has 0 radical (unpaired) electrons. The number of pyridine rings is 1. The molecule has 0 aliphatic heterocycles. The van der Waals surface area contributed by atoms with E-state index in [1.54, 1.807) is 6.92 Å². The normalized spacial score (nSPS) is 12.8. The molecule has 1 unspecified atom stereocenters. The Labute approximate surface area is 113 Å². The Hall–Kier alpha value is -2.27. The van der Waals surface area contributed by atoms with Gasteiger partial charge in [0.25, 0.3) is 0 Å². The molecule has 1 atom stereocenters. The number of halogens is 2. The van der Waals surface area contributed by atoms with Gasteiger partial charge in [0, 0.05) is 22.7 Å². The Morgan fingerprint density at radius 3 is 2.80 bits per heavy atom. The monoisotopic (exact) mass is 275 g/mol. The first-order valence-electron chi connectivity index (χ1n) is 6.04. The predicted octanol–water partition coefficient (Wildman–Crippen LogP) is 3.50. The summed E-state index contributed by atoms with van der Waals surface area (Å²) in [7, 11) is 0. The smallest absolute Gasteiger partial charge is 0.147 e. The Morgan fingerprint density at radius 2 is 2.05 bits per heavy atom. The summed E-state index contributed by atoms with van der Waals surface area (Å²) in [5, 5.41) is 10.8. The minimum atomic E-state index is -1.26. The standard InChI is InChI=1S/C15H11F2NO2/c1-8-11-6-9(16)2-3-13(11)20-15(8)14(19)10-4-5-18-7-12(10)17/h2-7,14,19H,1H3. The van der Waals surface area contributed by atoms with Gasteiger partial charge in [0.1, 0.15) is 29.1 Å². The van der Waals surface area contributed by atoms with Gasteiger partial charge in [-0.15, -0.1) is 0 Å². The molecule has 0 aliphatic carbocycles. The molecule has 2 heterocycles. The van der Waals surface area contributed by atoms with Crippen LogP contribution in [0.2, 0.25) is 0 Å². The summed E-state index contributed by atoms with van der Waals surface area (Å²) in [5.41, 5.74) is 1.11. The molecule has 3 nitrogen and oxygen atoms in total. The van der Waals surface area contributed by atoms with Crippen LogP contribution in [-0.4, -0.2) is 10.1 Å². The number of benzene rings is 1. The molecule has 1 N–H and O–H groups in total. The Bertz CT molecular complexity index is 783. The summed E-state index contributed by atoms with van der Waals surface area (Å²) < 4.78 is 32.4. The van der Waals surface area contributed by atoms with Crippen molar-refractivity contribution in [3.05, 3.63) is 65.2 Å². The highest BCUT2D eigenvalue weighted by Gasteiger charge is 2.22. The molecule has 0 fully saturated rings. The van der Waals surface area contributed by atoms with Crippen molar-refractivity contribution in [3.63, 3.8) is 0 Å². The van der Waals surface area contributed by atoms with Gasteiger partial charge in [0.15, 0.2) is 0 Å². The summed E-state index contributed by atoms with van der Waals surface area (Å²) in [4.78, 5) is 3.63. The van der Waals surface area contributed by atoms with Crippen LogP contribution in [0.3, 0.4) is 0 Å². The Morgan fingerprint density at radius 1 is 1.25 bits per heavy atom. The molecule has 5 heteroatoms. The maximum Gasteiger partial charge on any atom is 0.147 e. The Balaban J connectivity index is 2.15. The highest BCUT2D eigenvalue weighted by molar-refractivity contribution is 5.82. The van der Waals surface area contributed by atoms with Crippen LogP contribution >= 0.6 is 0 Å². The molecule has 0 saturated carbocycles. The van der Waals surface area contributed by atoms with Gasteiger partial charge in [0.2, 0.25) is 0 Å². The van der Waals surface area contributed by atoms with E-state index in [9.17, 15) is 13.9 Å². The fraction of sp³-hybridized carbons (Fsp3) is 0.133. The van der Waals surface area contributed by atoms with Gasteiger partial charge in [0.05, 0.1) is 6.20 Å². The van der Waals surface area contributed by atoms with Crippen molar-refractivity contribution in [2.24, 2.45) is 0 Å². The fourth-order valence-corrected chi connectivity index (χ4v) is 2.22. The third-order valence-electron chi connectivity index (χ3n) is 3.28. The van der Waals surface area contributed by atoms with Crippen molar-refractivity contribution < 1.29 is 18.3 Å². The van der Waals surface area contributed by atoms with Crippen LogP contribution in [0.15, 0.2) is 41.1 Å². The van der Waals surface area contributed by atoms with E-state index in [-0.39, 0.29) is 11.3 Å². The first kappa shape index (κ1) is 12.7. The highest BCUT2D eigenvalue weighted by atomic mass is 19.1. The van der Waals surface area contributed by atoms with Crippen molar-refractivity contribution in [3.8, 4) is 0 Å². The predicted molar refractivity (Wildman–Crippen MR) is 69.2 cm³/mol. The molecular weight excluding hydrogens is 264 g/mol. The van der Waals surface area contributed by atoms with E-state index in [0.29, 0.717) is 16.5 Å². The van der Waals surface area contributed by atoms with Gasteiger partial charge in [-0.3, -0.25) is 4.98 Å². The van der Waals surface area contributed by atoms with Crippen molar-refractivity contribution in [1.29, 1.82) is 0 Å². The number of hydrogen-bond donors (Lipinski definition) is 1. The second-order valence-corrected chi connectivity index (χ2v) is 4.53. The van der Waals surface area contributed by atoms with E-state index in [1.165, 1.54) is 30.5 Å². The Kier molecular flexibility index (Phi) is 2.99. The number of aromatic nitrogens is 1. The SMILES string of the molecule is Cc1c(C(O)c2ccncc2F)oc2ccc(F)cc12. The second-order valence-electron chi connectivity index (χ2n) is 4.53. The van der Waals surface area contributed by atoms with Gasteiger partial charge in [-0.25, -0.2) is 8.78 Å². The number of rotatable bonds is 2. The van der Waals surface area contributed by atoms with Crippen LogP contribution in [0.5, 0.6) is 0 Å². The van der Waals surface area contributed by atoms with Crippen molar-refractivity contribution in [2.75, 3.05) is 0 Å². The van der Waals surface area contributed by atoms with Crippen molar-refractivity contribution in [2.45, 2.75) is 13.0 Å². The minimum Gasteiger partial charge on any atom is -0.458 e. The number of hydrogen-bond acceptors (Lipinski definition) is 3. The van der Waals surface area contributed by atoms with Crippen LogP contribution in [0.25, 0.3) is 11.0 Å². The molecule has 0 amide bonds. The zero-order chi connectivity index (χ0) is 14.3. The van der Waals surface area contributed by atoms with Gasteiger partial charge in [-0.1, -0.05) is 0 Å². The molecule has 102 valence electrons. The maximum absolute atomic E-state index is 13.7. The lowest BCUT2D eigenvalue weighted by Gasteiger charge is -2.09. The van der Waals surface area contributed by atoms with Crippen LogP contribution in [0.4, 0.5) is 8.78 Å². The molecule has 0 bridgehead atoms. The quantitative estimate of drug-likeness (QED) is 0.778. The zero-order valence-corrected chi connectivity index (χ0v) is 10.6. The summed E-state index contributed by atoms with van der Waals surface area (Å²) in [6.45, 7) is 1.70. The van der Waals surface area contributed by atoms with Crippen molar-refractivity contribution in [1.82, 2.24) is 4.98 Å². The van der Waals surface area contributed by atoms with Gasteiger partial charge < -0.3 is 9.52 Å². The number of furan rings is 1. The molecule has 0 spiro atoms. The molecule has 2 aromatic heterocycles. The molecule has 3 aromatic rings. The lowest BCUT2D eigenvalue weighted by molar-refractivity contribution is 0.186. The number of aliphatic hydroxyl groups excluding tert-OH is 1. The molecular formula is C15H11F2NO2. The van der Waals surface area contributed by atoms with E-state index in [1.807, 2.05) is 0 Å². The summed E-state index contributed by atoms with van der Waals surface area (Å²) >= 11 is 0. The summed E-state index contributed by atoms with van der Waals surface area (Å²) in [5.74, 6) is -0.806. The summed E-state index contributed by atoms with van der Waals surface area (Å²) in [6, 6.07) is 5.46. The number of aliphatic hydroxyl groups is 1. The highest BCUT2D eigenvalue weighted by Crippen LogP contribution is 2.33. The number of fused-ring (bicyclic) bond motifs is 1. The topological polar surface area (TPSA) is 46.3 Å². The molecule has 3 rings (SSSR count). The summed E-state index contributed by atoms with van der Waals surface area (Å²) in [6.07, 6.45) is 1.16. The maximum atomic E-state index is 13.7. The minimum absolute atomic E-state index is 0.0719. The van der Waals surface area contributed by atoms with Gasteiger partial charge in [-0.2, -0.15) is 0 Å². The van der Waals surface area contributed by atoms with E-state index in [2.05, 4.69) is 4.98 Å². The average Bonchev–Trinajstić information content (AvgIpc) is 2.76. The van der Waals surface area contributed by atoms with E-state index >= 15 is 0 Å². The lowest BCUT2D eigenvalue weighted by Crippen LogP contribution is -2.03. The van der Waals surface area contributed by atoms with E-state index in [0.717, 1.165) is 6.20 Å². The van der Waals surface area contributed by atoms with Crippen LogP contribution in [-0.2, 0) is 0 Å².